The number of nitrogens with one attached hydrogen (secondary N) is 1. The van der Waals surface area contributed by atoms with Crippen LogP contribution in [0.5, 0.6) is 5.75 Å². The van der Waals surface area contributed by atoms with Crippen LogP contribution < -0.4 is 10.1 Å². The Morgan fingerprint density at radius 2 is 2.21 bits per heavy atom. The highest BCUT2D eigenvalue weighted by atomic mass is 16.5. The van der Waals surface area contributed by atoms with E-state index in [-0.39, 0.29) is 18.0 Å². The summed E-state index contributed by atoms with van der Waals surface area (Å²) >= 11 is 0. The Bertz CT molecular complexity index is 826. The fraction of sp³-hybridized carbons (Fsp3) is 0.591. The van der Waals surface area contributed by atoms with Crippen molar-refractivity contribution in [3.63, 3.8) is 0 Å². The van der Waals surface area contributed by atoms with Gasteiger partial charge < -0.3 is 28.8 Å². The van der Waals surface area contributed by atoms with Crippen LogP contribution in [0.25, 0.3) is 11.0 Å². The molecule has 1 aromatic carbocycles. The third-order valence-electron chi connectivity index (χ3n) is 5.60. The number of amides is 1. The SMILES string of the molecule is COCCCOc1cc([C@@H](C)N(C(=O)C2CNCCO2)C2CC2)cc2occc12. The van der Waals surface area contributed by atoms with Gasteiger partial charge in [0.25, 0.3) is 5.91 Å². The van der Waals surface area contributed by atoms with Crippen molar-refractivity contribution in [3.05, 3.63) is 30.0 Å². The highest BCUT2D eigenvalue weighted by Crippen LogP contribution is 2.38. The molecule has 1 aliphatic carbocycles. The molecule has 0 radical (unpaired) electrons. The van der Waals surface area contributed by atoms with E-state index in [0.29, 0.717) is 26.4 Å². The summed E-state index contributed by atoms with van der Waals surface area (Å²) in [5, 5.41) is 4.20. The molecule has 2 aromatic rings. The van der Waals surface area contributed by atoms with E-state index in [1.807, 2.05) is 23.1 Å². The summed E-state index contributed by atoms with van der Waals surface area (Å²) in [7, 11) is 1.69. The van der Waals surface area contributed by atoms with Crippen molar-refractivity contribution in [2.45, 2.75) is 44.4 Å². The highest BCUT2D eigenvalue weighted by Gasteiger charge is 2.40. The third kappa shape index (κ3) is 4.57. The summed E-state index contributed by atoms with van der Waals surface area (Å²) in [5.74, 6) is 0.849. The largest absolute Gasteiger partial charge is 0.493 e. The summed E-state index contributed by atoms with van der Waals surface area (Å²) in [6.07, 6.45) is 4.16. The van der Waals surface area contributed by atoms with E-state index in [1.54, 1.807) is 13.4 Å². The van der Waals surface area contributed by atoms with Crippen molar-refractivity contribution < 1.29 is 23.4 Å². The van der Waals surface area contributed by atoms with Gasteiger partial charge in [-0.3, -0.25) is 4.79 Å². The first-order chi connectivity index (χ1) is 14.2. The number of fused-ring (bicyclic) bond motifs is 1. The fourth-order valence-corrected chi connectivity index (χ4v) is 3.90. The molecule has 0 bridgehead atoms. The summed E-state index contributed by atoms with van der Waals surface area (Å²) in [5.41, 5.74) is 1.79. The molecule has 1 aromatic heterocycles. The lowest BCUT2D eigenvalue weighted by atomic mass is 10.0. The van der Waals surface area contributed by atoms with Crippen molar-refractivity contribution in [1.82, 2.24) is 10.2 Å². The number of carbonyl (C=O) groups excluding carboxylic acids is 1. The maximum atomic E-state index is 13.2. The molecule has 0 spiro atoms. The number of hydrogen-bond acceptors (Lipinski definition) is 6. The molecule has 1 saturated carbocycles. The number of nitrogens with zero attached hydrogens (tertiary/aromatic N) is 1. The molecule has 4 rings (SSSR count). The Morgan fingerprint density at radius 1 is 1.34 bits per heavy atom. The predicted molar refractivity (Wildman–Crippen MR) is 109 cm³/mol. The normalized spacial score (nSPS) is 20.6. The van der Waals surface area contributed by atoms with Crippen LogP contribution in [0, 0.1) is 0 Å². The van der Waals surface area contributed by atoms with Crippen LogP contribution in [0.15, 0.2) is 28.9 Å². The number of ether oxygens (including phenoxy) is 3. The number of carbonyl (C=O) groups is 1. The van der Waals surface area contributed by atoms with Gasteiger partial charge >= 0.3 is 0 Å². The minimum atomic E-state index is -0.413. The minimum Gasteiger partial charge on any atom is -0.493 e. The highest BCUT2D eigenvalue weighted by molar-refractivity contribution is 5.86. The Balaban J connectivity index is 1.57. The van der Waals surface area contributed by atoms with Crippen molar-refractivity contribution in [2.75, 3.05) is 40.0 Å². The molecule has 7 nitrogen and oxygen atoms in total. The van der Waals surface area contributed by atoms with Crippen LogP contribution in [-0.2, 0) is 14.3 Å². The average molecular weight is 402 g/mol. The van der Waals surface area contributed by atoms with Gasteiger partial charge in [-0.2, -0.15) is 0 Å². The molecule has 1 N–H and O–H groups in total. The lowest BCUT2D eigenvalue weighted by Crippen LogP contribution is -2.50. The first-order valence-corrected chi connectivity index (χ1v) is 10.5. The van der Waals surface area contributed by atoms with Crippen LogP contribution in [0.3, 0.4) is 0 Å². The molecule has 2 aliphatic rings. The number of benzene rings is 1. The van der Waals surface area contributed by atoms with Crippen molar-refractivity contribution in [2.24, 2.45) is 0 Å². The average Bonchev–Trinajstić information content (AvgIpc) is 3.46. The molecule has 1 amide bonds. The first kappa shape index (κ1) is 20.2. The molecule has 2 atom stereocenters. The van der Waals surface area contributed by atoms with Gasteiger partial charge in [-0.05, 0) is 43.5 Å². The van der Waals surface area contributed by atoms with Crippen LogP contribution in [0.1, 0.15) is 37.8 Å². The maximum absolute atomic E-state index is 13.2. The summed E-state index contributed by atoms with van der Waals surface area (Å²) < 4.78 is 22.5. The molecular formula is C22H30N2O5. The Labute approximate surface area is 171 Å². The molecular weight excluding hydrogens is 372 g/mol. The van der Waals surface area contributed by atoms with Crippen LogP contribution >= 0.6 is 0 Å². The standard InChI is InChI=1S/C22H30N2O5/c1-15(24(17-4-5-17)22(25)21-14-23-7-11-29-21)16-12-19(27-9-3-8-26-2)18-6-10-28-20(18)13-16/h6,10,12-13,15,17,21,23H,3-5,7-9,11,14H2,1-2H3/t15-,21?/m1/s1. The summed E-state index contributed by atoms with van der Waals surface area (Å²) in [4.78, 5) is 15.2. The van der Waals surface area contributed by atoms with Gasteiger partial charge in [-0.25, -0.2) is 0 Å². The van der Waals surface area contributed by atoms with E-state index in [9.17, 15) is 4.79 Å². The molecule has 2 heterocycles. The molecule has 158 valence electrons. The second-order valence-corrected chi connectivity index (χ2v) is 7.76. The number of morpholine rings is 1. The molecule has 2 fully saturated rings. The minimum absolute atomic E-state index is 0.0642. The number of hydrogen-bond donors (Lipinski definition) is 1. The number of methoxy groups -OCH3 is 1. The fourth-order valence-electron chi connectivity index (χ4n) is 3.90. The maximum Gasteiger partial charge on any atom is 0.253 e. The molecule has 7 heteroatoms. The van der Waals surface area contributed by atoms with E-state index < -0.39 is 6.10 Å². The van der Waals surface area contributed by atoms with Gasteiger partial charge in [0.1, 0.15) is 17.4 Å². The van der Waals surface area contributed by atoms with E-state index in [0.717, 1.165) is 48.1 Å². The topological polar surface area (TPSA) is 73.2 Å². The van der Waals surface area contributed by atoms with E-state index in [1.165, 1.54) is 0 Å². The van der Waals surface area contributed by atoms with Crippen molar-refractivity contribution in [3.8, 4) is 5.75 Å². The number of rotatable bonds is 9. The van der Waals surface area contributed by atoms with Crippen LogP contribution in [-0.4, -0.2) is 63.0 Å². The zero-order valence-corrected chi connectivity index (χ0v) is 17.2. The first-order valence-electron chi connectivity index (χ1n) is 10.5. The molecule has 1 saturated heterocycles. The van der Waals surface area contributed by atoms with E-state index in [2.05, 4.69) is 12.2 Å². The van der Waals surface area contributed by atoms with Gasteiger partial charge in [-0.15, -0.1) is 0 Å². The van der Waals surface area contributed by atoms with Crippen molar-refractivity contribution in [1.29, 1.82) is 0 Å². The van der Waals surface area contributed by atoms with Gasteiger partial charge in [0, 0.05) is 39.3 Å². The predicted octanol–water partition coefficient (Wildman–Crippen LogP) is 2.89. The van der Waals surface area contributed by atoms with Gasteiger partial charge in [0.2, 0.25) is 0 Å². The third-order valence-corrected chi connectivity index (χ3v) is 5.60. The van der Waals surface area contributed by atoms with Gasteiger partial charge in [0.05, 0.1) is 30.9 Å². The second-order valence-electron chi connectivity index (χ2n) is 7.76. The quantitative estimate of drug-likeness (QED) is 0.650. The van der Waals surface area contributed by atoms with Crippen molar-refractivity contribution >= 4 is 16.9 Å². The Hall–Kier alpha value is -2.09. The van der Waals surface area contributed by atoms with E-state index in [4.69, 9.17) is 18.6 Å². The Kier molecular flexibility index (Phi) is 6.37. The molecule has 1 aliphatic heterocycles. The van der Waals surface area contributed by atoms with E-state index >= 15 is 0 Å². The zero-order chi connectivity index (χ0) is 20.2. The van der Waals surface area contributed by atoms with Gasteiger partial charge in [-0.1, -0.05) is 0 Å². The number of furan rings is 1. The lowest BCUT2D eigenvalue weighted by molar-refractivity contribution is -0.148. The monoisotopic (exact) mass is 402 g/mol. The van der Waals surface area contributed by atoms with Crippen LogP contribution in [0.4, 0.5) is 0 Å². The van der Waals surface area contributed by atoms with Gasteiger partial charge in [0.15, 0.2) is 0 Å². The Morgan fingerprint density at radius 3 is 2.93 bits per heavy atom. The lowest BCUT2D eigenvalue weighted by Gasteiger charge is -2.34. The summed E-state index contributed by atoms with van der Waals surface area (Å²) in [6.45, 7) is 5.23. The molecule has 29 heavy (non-hydrogen) atoms. The molecule has 1 unspecified atom stereocenters. The zero-order valence-electron chi connectivity index (χ0n) is 17.2. The van der Waals surface area contributed by atoms with Crippen LogP contribution in [0.2, 0.25) is 0 Å². The summed E-state index contributed by atoms with van der Waals surface area (Å²) in [6, 6.07) is 6.17. The smallest absolute Gasteiger partial charge is 0.253 e. The second kappa shape index (κ2) is 9.15.